The van der Waals surface area contributed by atoms with Gasteiger partial charge in [0.15, 0.2) is 0 Å². The Kier molecular flexibility index (Phi) is 3.59. The molecule has 1 unspecified atom stereocenters. The molecule has 0 amide bonds. The van der Waals surface area contributed by atoms with Gasteiger partial charge in [-0.1, -0.05) is 18.2 Å². The fourth-order valence-electron chi connectivity index (χ4n) is 2.44. The second kappa shape index (κ2) is 5.38. The number of para-hydroxylation sites is 1. The average Bonchev–Trinajstić information content (AvgIpc) is 3.01. The van der Waals surface area contributed by atoms with E-state index in [1.165, 1.54) is 15.8 Å². The first kappa shape index (κ1) is 13.3. The van der Waals surface area contributed by atoms with Crippen LogP contribution in [0.2, 0.25) is 0 Å². The van der Waals surface area contributed by atoms with Crippen LogP contribution in [0, 0.1) is 13.8 Å². The number of fused-ring (bicyclic) bond motifs is 1. The van der Waals surface area contributed by atoms with E-state index in [2.05, 4.69) is 30.2 Å². The summed E-state index contributed by atoms with van der Waals surface area (Å²) in [6.45, 7) is 7.14. The average molecular weight is 286 g/mol. The van der Waals surface area contributed by atoms with Gasteiger partial charge in [0.05, 0.1) is 17.2 Å². The molecule has 20 heavy (non-hydrogen) atoms. The van der Waals surface area contributed by atoms with Crippen LogP contribution in [0.15, 0.2) is 34.2 Å². The maximum absolute atomic E-state index is 5.99. The molecule has 0 spiro atoms. The number of benzene rings is 1. The van der Waals surface area contributed by atoms with E-state index in [-0.39, 0.29) is 6.04 Å². The minimum absolute atomic E-state index is 0.184. The van der Waals surface area contributed by atoms with E-state index < -0.39 is 0 Å². The normalized spacial score (nSPS) is 12.9. The molecule has 3 rings (SSSR count). The molecule has 1 N–H and O–H groups in total. The summed E-state index contributed by atoms with van der Waals surface area (Å²) in [7, 11) is 0. The zero-order chi connectivity index (χ0) is 14.1. The highest BCUT2D eigenvalue weighted by Crippen LogP contribution is 2.29. The summed E-state index contributed by atoms with van der Waals surface area (Å²) in [5, 5.41) is 4.72. The maximum atomic E-state index is 5.99. The number of aryl methyl sites for hydroxylation is 2. The van der Waals surface area contributed by atoms with E-state index >= 15 is 0 Å². The largest absolute Gasteiger partial charge is 0.459 e. The summed E-state index contributed by atoms with van der Waals surface area (Å²) in [6, 6.07) is 8.37. The standard InChI is InChI=1S/C16H18N2OS/c1-10-13-6-4-5-7-14(13)19-16(10)12(3)17-8-15-11(2)18-9-20-15/h4-7,9,12,17H,8H2,1-3H3. The summed E-state index contributed by atoms with van der Waals surface area (Å²) in [5.74, 6) is 1.02. The monoisotopic (exact) mass is 286 g/mol. The molecule has 0 radical (unpaired) electrons. The Morgan fingerprint density at radius 1 is 1.30 bits per heavy atom. The molecule has 0 saturated carbocycles. The van der Waals surface area contributed by atoms with Crippen molar-refractivity contribution in [2.75, 3.05) is 0 Å². The first-order valence-corrected chi connectivity index (χ1v) is 7.65. The molecule has 0 bridgehead atoms. The number of hydrogen-bond acceptors (Lipinski definition) is 4. The summed E-state index contributed by atoms with van der Waals surface area (Å²) < 4.78 is 5.99. The number of hydrogen-bond donors (Lipinski definition) is 1. The van der Waals surface area contributed by atoms with Crippen LogP contribution in [0.1, 0.15) is 34.9 Å². The molecular formula is C16H18N2OS. The van der Waals surface area contributed by atoms with Crippen molar-refractivity contribution in [1.82, 2.24) is 10.3 Å². The molecule has 3 nitrogen and oxygen atoms in total. The van der Waals surface area contributed by atoms with Crippen LogP contribution in [0.3, 0.4) is 0 Å². The van der Waals surface area contributed by atoms with E-state index in [0.717, 1.165) is 23.6 Å². The Morgan fingerprint density at radius 2 is 2.10 bits per heavy atom. The summed E-state index contributed by atoms with van der Waals surface area (Å²) in [5.41, 5.74) is 5.18. The molecule has 0 aliphatic heterocycles. The van der Waals surface area contributed by atoms with Gasteiger partial charge in [-0.25, -0.2) is 4.98 Å². The van der Waals surface area contributed by atoms with Crippen molar-refractivity contribution in [3.63, 3.8) is 0 Å². The molecule has 0 fully saturated rings. The SMILES string of the molecule is Cc1ncsc1CNC(C)c1oc2ccccc2c1C. The van der Waals surface area contributed by atoms with Crippen LogP contribution in [0.4, 0.5) is 0 Å². The number of nitrogens with one attached hydrogen (secondary N) is 1. The topological polar surface area (TPSA) is 38.1 Å². The molecule has 0 aliphatic carbocycles. The molecule has 0 aliphatic rings. The molecule has 1 atom stereocenters. The number of nitrogens with zero attached hydrogens (tertiary/aromatic N) is 1. The molecule has 1 aromatic carbocycles. The van der Waals surface area contributed by atoms with Crippen molar-refractivity contribution in [3.8, 4) is 0 Å². The second-order valence-corrected chi connectivity index (χ2v) is 5.99. The van der Waals surface area contributed by atoms with Gasteiger partial charge >= 0.3 is 0 Å². The van der Waals surface area contributed by atoms with Crippen LogP contribution < -0.4 is 5.32 Å². The number of rotatable bonds is 4. The minimum atomic E-state index is 0.184. The molecule has 0 saturated heterocycles. The van der Waals surface area contributed by atoms with Crippen molar-refractivity contribution < 1.29 is 4.42 Å². The predicted octanol–water partition coefficient (Wildman–Crippen LogP) is 4.36. The third-order valence-electron chi connectivity index (χ3n) is 3.69. The number of thiazole rings is 1. The Hall–Kier alpha value is -1.65. The van der Waals surface area contributed by atoms with E-state index in [9.17, 15) is 0 Å². The second-order valence-electron chi connectivity index (χ2n) is 5.05. The zero-order valence-corrected chi connectivity index (χ0v) is 12.8. The fraction of sp³-hybridized carbons (Fsp3) is 0.312. The van der Waals surface area contributed by atoms with Crippen LogP contribution in [-0.2, 0) is 6.54 Å². The van der Waals surface area contributed by atoms with Gasteiger partial charge < -0.3 is 9.73 Å². The van der Waals surface area contributed by atoms with Crippen molar-refractivity contribution in [2.45, 2.75) is 33.4 Å². The van der Waals surface area contributed by atoms with E-state index in [1.54, 1.807) is 11.3 Å². The van der Waals surface area contributed by atoms with E-state index in [1.807, 2.05) is 30.6 Å². The van der Waals surface area contributed by atoms with Crippen molar-refractivity contribution in [3.05, 3.63) is 51.7 Å². The summed E-state index contributed by atoms with van der Waals surface area (Å²) in [4.78, 5) is 5.56. The Balaban J connectivity index is 1.80. The van der Waals surface area contributed by atoms with Gasteiger partial charge in [-0.05, 0) is 32.4 Å². The first-order valence-electron chi connectivity index (χ1n) is 6.77. The van der Waals surface area contributed by atoms with Crippen LogP contribution >= 0.6 is 11.3 Å². The van der Waals surface area contributed by atoms with Crippen LogP contribution in [-0.4, -0.2) is 4.98 Å². The van der Waals surface area contributed by atoms with Crippen LogP contribution in [0.25, 0.3) is 11.0 Å². The highest BCUT2D eigenvalue weighted by atomic mass is 32.1. The van der Waals surface area contributed by atoms with Gasteiger partial charge in [-0.3, -0.25) is 0 Å². The third-order valence-corrected chi connectivity index (χ3v) is 4.62. The minimum Gasteiger partial charge on any atom is -0.459 e. The lowest BCUT2D eigenvalue weighted by Crippen LogP contribution is -2.18. The Labute approximate surface area is 122 Å². The fourth-order valence-corrected chi connectivity index (χ4v) is 3.17. The Morgan fingerprint density at radius 3 is 2.80 bits per heavy atom. The van der Waals surface area contributed by atoms with Crippen LogP contribution in [0.5, 0.6) is 0 Å². The summed E-state index contributed by atoms with van der Waals surface area (Å²) >= 11 is 1.69. The van der Waals surface area contributed by atoms with Gasteiger partial charge in [0.1, 0.15) is 11.3 Å². The highest BCUT2D eigenvalue weighted by molar-refractivity contribution is 7.09. The van der Waals surface area contributed by atoms with Crippen molar-refractivity contribution in [2.24, 2.45) is 0 Å². The smallest absolute Gasteiger partial charge is 0.134 e. The van der Waals surface area contributed by atoms with Crippen molar-refractivity contribution in [1.29, 1.82) is 0 Å². The van der Waals surface area contributed by atoms with Gasteiger partial charge in [0, 0.05) is 16.8 Å². The van der Waals surface area contributed by atoms with Gasteiger partial charge in [-0.2, -0.15) is 0 Å². The van der Waals surface area contributed by atoms with Gasteiger partial charge in [-0.15, -0.1) is 11.3 Å². The lowest BCUT2D eigenvalue weighted by atomic mass is 10.1. The Bertz CT molecular complexity index is 729. The third kappa shape index (κ3) is 2.37. The lowest BCUT2D eigenvalue weighted by Gasteiger charge is -2.11. The van der Waals surface area contributed by atoms with Gasteiger partial charge in [0.2, 0.25) is 0 Å². The molecule has 3 aromatic rings. The molecule has 104 valence electrons. The van der Waals surface area contributed by atoms with E-state index in [0.29, 0.717) is 0 Å². The first-order chi connectivity index (χ1) is 9.66. The maximum Gasteiger partial charge on any atom is 0.134 e. The molecule has 4 heteroatoms. The predicted molar refractivity (Wildman–Crippen MR) is 83.1 cm³/mol. The molecular weight excluding hydrogens is 268 g/mol. The quantitative estimate of drug-likeness (QED) is 0.774. The highest BCUT2D eigenvalue weighted by Gasteiger charge is 2.16. The number of furan rings is 1. The lowest BCUT2D eigenvalue weighted by molar-refractivity contribution is 0.448. The van der Waals surface area contributed by atoms with Crippen molar-refractivity contribution >= 4 is 22.3 Å². The molecule has 2 heterocycles. The van der Waals surface area contributed by atoms with E-state index in [4.69, 9.17) is 4.42 Å². The zero-order valence-electron chi connectivity index (χ0n) is 11.9. The number of aromatic nitrogens is 1. The summed E-state index contributed by atoms with van der Waals surface area (Å²) in [6.07, 6.45) is 0. The molecule has 2 aromatic heterocycles. The van der Waals surface area contributed by atoms with Gasteiger partial charge in [0.25, 0.3) is 0 Å².